The minimum atomic E-state index is -1.18. The first kappa shape index (κ1) is 47.2. The zero-order valence-corrected chi connectivity index (χ0v) is 36.4. The van der Waals surface area contributed by atoms with Gasteiger partial charge in [0.1, 0.15) is 17.2 Å². The van der Waals surface area contributed by atoms with Gasteiger partial charge in [-0.15, -0.1) is 0 Å². The first-order chi connectivity index (χ1) is 26.4. The van der Waals surface area contributed by atoms with Crippen molar-refractivity contribution in [3.05, 3.63) is 72.8 Å². The van der Waals surface area contributed by atoms with E-state index in [2.05, 4.69) is 107 Å². The molecule has 0 radical (unpaired) electrons. The fourth-order valence-electron chi connectivity index (χ4n) is 8.46. The third-order valence-electron chi connectivity index (χ3n) is 12.0. The van der Waals surface area contributed by atoms with Crippen LogP contribution < -0.4 is 30.6 Å². The van der Waals surface area contributed by atoms with Gasteiger partial charge in [0.25, 0.3) is 0 Å². The Morgan fingerprint density at radius 2 is 0.611 bits per heavy atom. The summed E-state index contributed by atoms with van der Waals surface area (Å²) < 4.78 is 17.9. The Labute approximate surface area is 334 Å². The molecule has 0 aliphatic rings. The molecule has 0 aromatic heterocycles. The van der Waals surface area contributed by atoms with Gasteiger partial charge >= 0.3 is 0 Å². The topological polar surface area (TPSA) is 27.7 Å². The second-order valence-electron chi connectivity index (χ2n) is 16.0. The van der Waals surface area contributed by atoms with Crippen LogP contribution in [0.15, 0.2) is 72.8 Å². The molecular formula is C49H82BNO3. The Morgan fingerprint density at radius 3 is 0.870 bits per heavy atom. The molecule has 0 aliphatic heterocycles. The van der Waals surface area contributed by atoms with E-state index in [4.69, 9.17) is 14.2 Å². The van der Waals surface area contributed by atoms with E-state index in [1.807, 2.05) is 0 Å². The van der Waals surface area contributed by atoms with E-state index in [0.717, 1.165) is 23.6 Å². The third-order valence-corrected chi connectivity index (χ3v) is 12.0. The smallest absolute Gasteiger partial charge is 0.118 e. The molecule has 0 atom stereocenters. The van der Waals surface area contributed by atoms with Crippen LogP contribution >= 0.6 is 0 Å². The summed E-state index contributed by atoms with van der Waals surface area (Å²) in [5.41, 5.74) is 4.02. The van der Waals surface area contributed by atoms with Gasteiger partial charge in [-0.05, 0) is 62.1 Å². The monoisotopic (exact) mass is 744 g/mol. The van der Waals surface area contributed by atoms with E-state index in [0.29, 0.717) is 0 Å². The van der Waals surface area contributed by atoms with Crippen LogP contribution in [0.2, 0.25) is 6.32 Å². The van der Waals surface area contributed by atoms with Crippen LogP contribution in [0.5, 0.6) is 17.2 Å². The lowest BCUT2D eigenvalue weighted by Crippen LogP contribution is -2.66. The predicted octanol–water partition coefficient (Wildman–Crippen LogP) is 12.1. The minimum absolute atomic E-state index is 0.886. The number of rotatable bonds is 29. The number of quaternary nitrogens is 1. The molecule has 5 heteroatoms. The largest absolute Gasteiger partial charge is 0.497 e. The molecule has 0 spiro atoms. The zero-order chi connectivity index (χ0) is 39.3. The molecule has 0 saturated carbocycles. The minimum Gasteiger partial charge on any atom is -0.497 e. The summed E-state index contributed by atoms with van der Waals surface area (Å²) >= 11 is 0. The second-order valence-corrected chi connectivity index (χ2v) is 16.0. The van der Waals surface area contributed by atoms with Crippen LogP contribution in [-0.2, 0) is 0 Å². The van der Waals surface area contributed by atoms with Crippen molar-refractivity contribution in [1.82, 2.24) is 0 Å². The van der Waals surface area contributed by atoms with Gasteiger partial charge in [-0.3, -0.25) is 0 Å². The normalized spacial score (nSPS) is 11.6. The highest BCUT2D eigenvalue weighted by Gasteiger charge is 2.30. The van der Waals surface area contributed by atoms with Gasteiger partial charge < -0.3 is 18.7 Å². The Balaban J connectivity index is 0.000000500. The van der Waals surface area contributed by atoms with E-state index in [1.165, 1.54) is 163 Å². The van der Waals surface area contributed by atoms with Crippen LogP contribution in [0, 0.1) is 0 Å². The first-order valence-electron chi connectivity index (χ1n) is 22.4. The van der Waals surface area contributed by atoms with Crippen molar-refractivity contribution in [3.8, 4) is 17.2 Å². The summed E-state index contributed by atoms with van der Waals surface area (Å²) in [6.45, 7) is 17.3. The van der Waals surface area contributed by atoms with Gasteiger partial charge in [-0.25, -0.2) is 0 Å². The molecule has 0 aliphatic carbocycles. The number of hydrogen-bond donors (Lipinski definition) is 0. The van der Waals surface area contributed by atoms with E-state index >= 15 is 0 Å². The van der Waals surface area contributed by atoms with Crippen molar-refractivity contribution < 1.29 is 18.7 Å². The number of unbranched alkanes of at least 4 members (excludes halogenated alkanes) is 13. The zero-order valence-electron chi connectivity index (χ0n) is 36.4. The van der Waals surface area contributed by atoms with Gasteiger partial charge in [-0.1, -0.05) is 161 Å². The molecule has 54 heavy (non-hydrogen) atoms. The average molecular weight is 744 g/mol. The molecule has 304 valence electrons. The highest BCUT2D eigenvalue weighted by molar-refractivity contribution is 7.11. The summed E-state index contributed by atoms with van der Waals surface area (Å²) in [5, 5.41) is 0. The maximum Gasteiger partial charge on any atom is 0.118 e. The summed E-state index contributed by atoms with van der Waals surface area (Å²) in [7, 11) is 5.18. The van der Waals surface area contributed by atoms with Crippen LogP contribution in [0.4, 0.5) is 0 Å². The third kappa shape index (κ3) is 16.1. The van der Waals surface area contributed by atoms with E-state index < -0.39 is 6.15 Å². The van der Waals surface area contributed by atoms with Crippen molar-refractivity contribution in [1.29, 1.82) is 0 Å². The second kappa shape index (κ2) is 28.5. The van der Waals surface area contributed by atoms with Crippen molar-refractivity contribution in [2.45, 2.75) is 157 Å². The highest BCUT2D eigenvalue weighted by Crippen LogP contribution is 2.23. The molecule has 4 nitrogen and oxygen atoms in total. The quantitative estimate of drug-likeness (QED) is 0.0403. The number of ether oxygens (including phenoxy) is 3. The van der Waals surface area contributed by atoms with Crippen LogP contribution in [-0.4, -0.2) is 58.1 Å². The first-order valence-corrected chi connectivity index (χ1v) is 22.4. The fraction of sp³-hybridized carbons (Fsp3) is 0.633. The molecule has 0 saturated heterocycles. The molecule has 0 N–H and O–H groups in total. The molecule has 3 rings (SSSR count). The van der Waals surface area contributed by atoms with Gasteiger partial charge in [0.15, 0.2) is 0 Å². The van der Waals surface area contributed by atoms with E-state index in [9.17, 15) is 0 Å². The lowest BCUT2D eigenvalue weighted by atomic mass is 9.14. The van der Waals surface area contributed by atoms with Crippen molar-refractivity contribution in [2.24, 2.45) is 0 Å². The maximum absolute atomic E-state index is 5.49. The summed E-state index contributed by atoms with van der Waals surface area (Å²) in [4.78, 5) is 0. The number of benzene rings is 3. The molecule has 0 heterocycles. The lowest BCUT2D eigenvalue weighted by Gasteiger charge is -2.43. The molecule has 3 aromatic rings. The summed E-state index contributed by atoms with van der Waals surface area (Å²) in [6, 6.07) is 26.1. The molecule has 0 amide bonds. The van der Waals surface area contributed by atoms with Gasteiger partial charge in [-0.2, -0.15) is 22.7 Å². The van der Waals surface area contributed by atoms with Crippen molar-refractivity contribution in [2.75, 3.05) is 47.5 Å². The maximum atomic E-state index is 5.49. The summed E-state index contributed by atoms with van der Waals surface area (Å²) in [5.74, 6) is 2.66. The molecule has 0 fully saturated rings. The molecule has 0 bridgehead atoms. The van der Waals surface area contributed by atoms with Crippen molar-refractivity contribution in [3.63, 3.8) is 0 Å². The Morgan fingerprint density at radius 1 is 0.352 bits per heavy atom. The van der Waals surface area contributed by atoms with Crippen LogP contribution in [0.1, 0.15) is 150 Å². The number of methoxy groups -OCH3 is 3. The Bertz CT molecular complexity index is 1160. The Hall–Kier alpha value is -2.92. The number of hydrogen-bond acceptors (Lipinski definition) is 3. The molecular weight excluding hydrogens is 661 g/mol. The molecule has 0 unspecified atom stereocenters. The van der Waals surface area contributed by atoms with E-state index in [1.54, 1.807) is 21.3 Å². The average Bonchev–Trinajstić information content (AvgIpc) is 3.23. The van der Waals surface area contributed by atoms with Crippen molar-refractivity contribution >= 4 is 22.5 Å². The van der Waals surface area contributed by atoms with Crippen LogP contribution in [0.3, 0.4) is 0 Å². The van der Waals surface area contributed by atoms with Gasteiger partial charge in [0.05, 0.1) is 53.7 Å². The SMILES string of the molecule is CCCCCCCCCCCC[B-](c1ccc(OC)cc1)(c1ccc(OC)cc1)c1ccc(OC)cc1.CCCC[N+](CCCC)(CCCC)CCCC. The van der Waals surface area contributed by atoms with Gasteiger partial charge in [0, 0.05) is 0 Å². The Kier molecular flexibility index (Phi) is 24.9. The summed E-state index contributed by atoms with van der Waals surface area (Å²) in [6.07, 6.45) is 24.3. The lowest BCUT2D eigenvalue weighted by molar-refractivity contribution is -0.929. The standard InChI is InChI=1S/C33H46BO3.C16H36N/c1-5-6-7-8-9-10-11-12-13-14-27-34(28-15-21-31(35-2)22-16-28,29-17-23-32(36-3)24-18-29)30-19-25-33(37-4)26-20-30;1-5-9-13-17(14-10-6-2,15-11-7-3)16-12-8-4/h15-26H,5-14,27H2,1-4H3;5-16H2,1-4H3/q-1;+1. The predicted molar refractivity (Wildman–Crippen MR) is 240 cm³/mol. The highest BCUT2D eigenvalue weighted by atomic mass is 16.5. The van der Waals surface area contributed by atoms with E-state index in [-0.39, 0.29) is 0 Å². The fourth-order valence-corrected chi connectivity index (χ4v) is 8.46. The van der Waals surface area contributed by atoms with Crippen LogP contribution in [0.25, 0.3) is 0 Å². The molecule has 3 aromatic carbocycles. The van der Waals surface area contributed by atoms with Gasteiger partial charge in [0.2, 0.25) is 0 Å². The number of nitrogens with zero attached hydrogens (tertiary/aromatic N) is 1.